The van der Waals surface area contributed by atoms with Gasteiger partial charge in [-0.15, -0.1) is 11.3 Å². The van der Waals surface area contributed by atoms with Crippen molar-refractivity contribution in [2.24, 2.45) is 5.41 Å². The second-order valence-corrected chi connectivity index (χ2v) is 11.1. The second kappa shape index (κ2) is 10.0. The van der Waals surface area contributed by atoms with Gasteiger partial charge in [0.15, 0.2) is 0 Å². The minimum atomic E-state index is -2.39. The van der Waals surface area contributed by atoms with Crippen LogP contribution >= 0.6 is 11.3 Å². The Morgan fingerprint density at radius 1 is 1.21 bits per heavy atom. The highest BCUT2D eigenvalue weighted by molar-refractivity contribution is 7.10. The number of fused-ring (bicyclic) bond motifs is 1. The van der Waals surface area contributed by atoms with Crippen LogP contribution in [0.15, 0.2) is 47.4 Å². The Morgan fingerprint density at radius 3 is 2.64 bits per heavy atom. The van der Waals surface area contributed by atoms with Gasteiger partial charge in [0.1, 0.15) is 6.29 Å². The van der Waals surface area contributed by atoms with Crippen molar-refractivity contribution in [3.63, 3.8) is 0 Å². The molecule has 1 aliphatic heterocycles. The minimum Gasteiger partial charge on any atom is -0.303 e. The first kappa shape index (κ1) is 24.0. The van der Waals surface area contributed by atoms with Gasteiger partial charge in [-0.3, -0.25) is 4.90 Å². The fourth-order valence-electron chi connectivity index (χ4n) is 4.89. The number of carbonyl (C=O) groups is 1. The molecule has 0 saturated carbocycles. The predicted molar refractivity (Wildman–Crippen MR) is 132 cm³/mol. The van der Waals surface area contributed by atoms with Crippen molar-refractivity contribution in [3.05, 3.63) is 80.1 Å². The Hall–Kier alpha value is -2.11. The number of halogens is 2. The summed E-state index contributed by atoms with van der Waals surface area (Å²) < 4.78 is 25.8. The van der Waals surface area contributed by atoms with E-state index in [9.17, 15) is 13.6 Å². The van der Waals surface area contributed by atoms with Gasteiger partial charge in [-0.25, -0.2) is 8.78 Å². The summed E-state index contributed by atoms with van der Waals surface area (Å²) in [6.45, 7) is 9.13. The Bertz CT molecular complexity index is 1070. The Morgan fingerprint density at radius 2 is 1.97 bits per heavy atom. The molecule has 1 aromatic carbocycles. The summed E-state index contributed by atoms with van der Waals surface area (Å²) in [7, 11) is 0. The molecule has 0 saturated heterocycles. The number of alkyl halides is 2. The van der Waals surface area contributed by atoms with Crippen molar-refractivity contribution < 1.29 is 13.6 Å². The van der Waals surface area contributed by atoms with Gasteiger partial charge in [-0.05, 0) is 65.8 Å². The zero-order chi connectivity index (χ0) is 23.6. The van der Waals surface area contributed by atoms with Gasteiger partial charge < -0.3 is 4.79 Å². The fourth-order valence-corrected chi connectivity index (χ4v) is 6.06. The molecule has 2 nitrogen and oxygen atoms in total. The molecule has 1 aromatic heterocycles. The molecule has 0 fully saturated rings. The lowest BCUT2D eigenvalue weighted by Gasteiger charge is -2.20. The molecule has 0 radical (unpaired) electrons. The van der Waals surface area contributed by atoms with E-state index in [4.69, 9.17) is 0 Å². The van der Waals surface area contributed by atoms with Crippen LogP contribution in [0.5, 0.6) is 0 Å². The molecule has 1 atom stereocenters. The minimum absolute atomic E-state index is 0.140. The maximum absolute atomic E-state index is 12.9. The van der Waals surface area contributed by atoms with Crippen LogP contribution in [0.25, 0.3) is 0 Å². The summed E-state index contributed by atoms with van der Waals surface area (Å²) in [6.07, 6.45) is 7.35. The van der Waals surface area contributed by atoms with Crippen molar-refractivity contribution in [3.8, 4) is 0 Å². The Kier molecular flexibility index (Phi) is 7.30. The largest absolute Gasteiger partial charge is 0.303 e. The molecule has 2 aromatic rings. The third kappa shape index (κ3) is 5.70. The number of hydrogen-bond acceptors (Lipinski definition) is 3. The van der Waals surface area contributed by atoms with Crippen LogP contribution in [0, 0.1) is 12.3 Å². The molecule has 176 valence electrons. The Labute approximate surface area is 200 Å². The standard InChI is InChI=1S/C28H33F2NOS/c1-19-25(22-6-8-23(9-7-22)27(29)30)17-33-26(19)16-31-12-10-21-5-4-20(14-24(21)11-13-31)15-28(2,3)18-32/h4-6,8-9,14,17-18,22,27H,7,10-13,15-16H2,1-3H3. The smallest absolute Gasteiger partial charge is 0.263 e. The number of rotatable bonds is 7. The van der Waals surface area contributed by atoms with Gasteiger partial charge >= 0.3 is 0 Å². The maximum Gasteiger partial charge on any atom is 0.263 e. The van der Waals surface area contributed by atoms with Crippen LogP contribution < -0.4 is 0 Å². The van der Waals surface area contributed by atoms with E-state index < -0.39 is 6.43 Å². The molecule has 0 amide bonds. The molecule has 0 bridgehead atoms. The van der Waals surface area contributed by atoms with E-state index in [-0.39, 0.29) is 16.9 Å². The molecular formula is C28H33F2NOS. The molecular weight excluding hydrogens is 436 g/mol. The lowest BCUT2D eigenvalue weighted by Crippen LogP contribution is -2.25. The topological polar surface area (TPSA) is 20.3 Å². The first-order chi connectivity index (χ1) is 15.8. The molecule has 2 aliphatic rings. The normalized spacial score (nSPS) is 19.3. The van der Waals surface area contributed by atoms with Crippen molar-refractivity contribution in [1.29, 1.82) is 0 Å². The van der Waals surface area contributed by atoms with Gasteiger partial charge in [-0.2, -0.15) is 0 Å². The lowest BCUT2D eigenvalue weighted by molar-refractivity contribution is -0.114. The summed E-state index contributed by atoms with van der Waals surface area (Å²) in [4.78, 5) is 15.2. The quantitative estimate of drug-likeness (QED) is 0.423. The third-order valence-electron chi connectivity index (χ3n) is 6.97. The molecule has 1 aliphatic carbocycles. The first-order valence-electron chi connectivity index (χ1n) is 11.8. The third-order valence-corrected chi connectivity index (χ3v) is 8.06. The highest BCUT2D eigenvalue weighted by atomic mass is 32.1. The molecule has 4 rings (SSSR count). The van der Waals surface area contributed by atoms with E-state index in [1.54, 1.807) is 23.5 Å². The summed E-state index contributed by atoms with van der Waals surface area (Å²) >= 11 is 1.80. The molecule has 5 heteroatoms. The van der Waals surface area contributed by atoms with Crippen molar-refractivity contribution in [2.45, 2.75) is 65.3 Å². The van der Waals surface area contributed by atoms with Gasteiger partial charge in [0.05, 0.1) is 0 Å². The van der Waals surface area contributed by atoms with E-state index in [2.05, 4.69) is 35.4 Å². The zero-order valence-corrected chi connectivity index (χ0v) is 20.6. The van der Waals surface area contributed by atoms with Crippen molar-refractivity contribution in [2.75, 3.05) is 13.1 Å². The SMILES string of the molecule is Cc1c(C2C=CC(C(F)F)=CC2)csc1CN1CCc2ccc(CC(C)(C)C=O)cc2CC1. The number of allylic oxidation sites excluding steroid dienone is 4. The van der Waals surface area contributed by atoms with Crippen LogP contribution in [-0.4, -0.2) is 30.7 Å². The van der Waals surface area contributed by atoms with Crippen LogP contribution in [0.2, 0.25) is 0 Å². The number of benzene rings is 1. The van der Waals surface area contributed by atoms with Crippen LogP contribution in [0.3, 0.4) is 0 Å². The van der Waals surface area contributed by atoms with E-state index in [1.807, 2.05) is 19.9 Å². The zero-order valence-electron chi connectivity index (χ0n) is 19.7. The van der Waals surface area contributed by atoms with Crippen molar-refractivity contribution >= 4 is 17.6 Å². The van der Waals surface area contributed by atoms with E-state index >= 15 is 0 Å². The maximum atomic E-state index is 12.9. The van der Waals surface area contributed by atoms with Crippen LogP contribution in [0.4, 0.5) is 8.78 Å². The number of thiophene rings is 1. The van der Waals surface area contributed by atoms with Crippen molar-refractivity contribution in [1.82, 2.24) is 4.90 Å². The van der Waals surface area contributed by atoms with Gasteiger partial charge in [-0.1, -0.05) is 50.3 Å². The second-order valence-electron chi connectivity index (χ2n) is 10.1. The molecule has 0 N–H and O–H groups in total. The molecule has 0 spiro atoms. The Balaban J connectivity index is 1.40. The van der Waals surface area contributed by atoms with Gasteiger partial charge in [0, 0.05) is 41.4 Å². The predicted octanol–water partition coefficient (Wildman–Crippen LogP) is 6.66. The fraction of sp³-hybridized carbons (Fsp3) is 0.464. The first-order valence-corrected chi connectivity index (χ1v) is 12.7. The molecule has 33 heavy (non-hydrogen) atoms. The monoisotopic (exact) mass is 469 g/mol. The average Bonchev–Trinajstić information content (AvgIpc) is 3.03. The number of aldehydes is 1. The van der Waals surface area contributed by atoms with E-state index in [0.29, 0.717) is 6.42 Å². The van der Waals surface area contributed by atoms with Crippen LogP contribution in [0.1, 0.15) is 58.9 Å². The van der Waals surface area contributed by atoms with Gasteiger partial charge in [0.2, 0.25) is 0 Å². The number of carbonyl (C=O) groups excluding carboxylic acids is 1. The summed E-state index contributed by atoms with van der Waals surface area (Å²) in [6, 6.07) is 6.73. The van der Waals surface area contributed by atoms with E-state index in [1.165, 1.54) is 32.7 Å². The molecule has 2 heterocycles. The average molecular weight is 470 g/mol. The van der Waals surface area contributed by atoms with Gasteiger partial charge in [0.25, 0.3) is 6.43 Å². The highest BCUT2D eigenvalue weighted by Crippen LogP contribution is 2.35. The van der Waals surface area contributed by atoms with Crippen LogP contribution in [-0.2, 0) is 30.6 Å². The number of hydrogen-bond donors (Lipinski definition) is 0. The van der Waals surface area contributed by atoms with E-state index in [0.717, 1.165) is 45.2 Å². The lowest BCUT2D eigenvalue weighted by atomic mass is 9.86. The summed E-state index contributed by atoms with van der Waals surface area (Å²) in [5, 5.41) is 2.22. The number of nitrogens with zero attached hydrogens (tertiary/aromatic N) is 1. The highest BCUT2D eigenvalue weighted by Gasteiger charge is 2.22. The molecule has 1 unspecified atom stereocenters. The summed E-state index contributed by atoms with van der Waals surface area (Å²) in [5.41, 5.74) is 6.46. The summed E-state index contributed by atoms with van der Waals surface area (Å²) in [5.74, 6) is 0.194.